The molecule has 9 heavy (non-hydrogen) atoms. The molecule has 1 fully saturated rings. The smallest absolute Gasteiger partial charge is 0.319 e. The fourth-order valence-electron chi connectivity index (χ4n) is 0.893. The highest BCUT2D eigenvalue weighted by Gasteiger charge is 2.18. The van der Waals surface area contributed by atoms with E-state index in [0.29, 0.717) is 0 Å². The first-order valence-corrected chi connectivity index (χ1v) is 2.99. The highest BCUT2D eigenvalue weighted by atomic mass is 16.2. The topological polar surface area (TPSA) is 23.6 Å². The van der Waals surface area contributed by atoms with Gasteiger partial charge in [0.1, 0.15) is 0 Å². The molecule has 2 amide bonds. The maximum absolute atomic E-state index is 11.0. The summed E-state index contributed by atoms with van der Waals surface area (Å²) in [4.78, 5) is 14.3. The molecular formula is C6H11N2O. The quantitative estimate of drug-likeness (QED) is 0.455. The standard InChI is InChI=1S/C6H11N2O/c1-7-4-3-5-8(2)6(7)9/h3H,4-5H2,1-2H3. The summed E-state index contributed by atoms with van der Waals surface area (Å²) in [6.07, 6.45) is 2.07. The first-order chi connectivity index (χ1) is 4.22. The molecular weight excluding hydrogens is 116 g/mol. The summed E-state index contributed by atoms with van der Waals surface area (Å²) in [6, 6.07) is 0.109. The van der Waals surface area contributed by atoms with Crippen LogP contribution in [0.3, 0.4) is 0 Å². The Hall–Kier alpha value is -0.730. The highest BCUT2D eigenvalue weighted by Crippen LogP contribution is 2.01. The maximum Gasteiger partial charge on any atom is 0.319 e. The Bertz CT molecular complexity index is 112. The molecule has 51 valence electrons. The van der Waals surface area contributed by atoms with Gasteiger partial charge in [-0.25, -0.2) is 4.79 Å². The zero-order chi connectivity index (χ0) is 6.85. The van der Waals surface area contributed by atoms with Crippen LogP contribution in [-0.4, -0.2) is 43.0 Å². The molecule has 1 aliphatic heterocycles. The van der Waals surface area contributed by atoms with Crippen molar-refractivity contribution < 1.29 is 4.79 Å². The van der Waals surface area contributed by atoms with Crippen molar-refractivity contribution in [2.75, 3.05) is 27.2 Å². The van der Waals surface area contributed by atoms with Crippen molar-refractivity contribution in [3.05, 3.63) is 6.42 Å². The molecule has 1 radical (unpaired) electrons. The van der Waals surface area contributed by atoms with Gasteiger partial charge in [-0.05, 0) is 0 Å². The van der Waals surface area contributed by atoms with Crippen molar-refractivity contribution in [1.29, 1.82) is 0 Å². The average molecular weight is 127 g/mol. The predicted octanol–water partition coefficient (Wildman–Crippen LogP) is 0.188. The number of hydrogen-bond acceptors (Lipinski definition) is 1. The van der Waals surface area contributed by atoms with Crippen molar-refractivity contribution in [3.8, 4) is 0 Å². The van der Waals surface area contributed by atoms with Gasteiger partial charge in [-0.2, -0.15) is 0 Å². The number of rotatable bonds is 0. The number of hydrogen-bond donors (Lipinski definition) is 0. The van der Waals surface area contributed by atoms with Crippen molar-refractivity contribution >= 4 is 6.03 Å². The summed E-state index contributed by atoms with van der Waals surface area (Å²) >= 11 is 0. The van der Waals surface area contributed by atoms with Gasteiger partial charge in [-0.1, -0.05) is 0 Å². The maximum atomic E-state index is 11.0. The number of amides is 2. The van der Waals surface area contributed by atoms with E-state index in [4.69, 9.17) is 0 Å². The average Bonchev–Trinajstić information content (AvgIpc) is 1.83. The fourth-order valence-corrected chi connectivity index (χ4v) is 0.893. The van der Waals surface area contributed by atoms with Gasteiger partial charge in [-0.15, -0.1) is 0 Å². The van der Waals surface area contributed by atoms with Gasteiger partial charge in [-0.3, -0.25) is 0 Å². The van der Waals surface area contributed by atoms with Gasteiger partial charge in [0.15, 0.2) is 0 Å². The van der Waals surface area contributed by atoms with Gasteiger partial charge in [0.05, 0.1) is 0 Å². The van der Waals surface area contributed by atoms with Gasteiger partial charge in [0.2, 0.25) is 0 Å². The second-order valence-corrected chi connectivity index (χ2v) is 2.33. The lowest BCUT2D eigenvalue weighted by Crippen LogP contribution is -2.45. The van der Waals surface area contributed by atoms with Gasteiger partial charge >= 0.3 is 6.03 Å². The van der Waals surface area contributed by atoms with E-state index >= 15 is 0 Å². The van der Waals surface area contributed by atoms with Crippen LogP contribution in [0.5, 0.6) is 0 Å². The fraction of sp³-hybridized carbons (Fsp3) is 0.667. The number of urea groups is 1. The van der Waals surface area contributed by atoms with Crippen LogP contribution in [0.15, 0.2) is 0 Å². The SMILES string of the molecule is CN1C[CH]CN(C)C1=O. The molecule has 1 aliphatic rings. The minimum atomic E-state index is 0.109. The monoisotopic (exact) mass is 127 g/mol. The summed E-state index contributed by atoms with van der Waals surface area (Å²) in [5.74, 6) is 0. The second-order valence-electron chi connectivity index (χ2n) is 2.33. The number of carbonyl (C=O) groups excluding carboxylic acids is 1. The van der Waals surface area contributed by atoms with E-state index in [-0.39, 0.29) is 6.03 Å². The van der Waals surface area contributed by atoms with Crippen molar-refractivity contribution in [1.82, 2.24) is 9.80 Å². The number of carbonyl (C=O) groups is 1. The van der Waals surface area contributed by atoms with E-state index in [0.717, 1.165) is 13.1 Å². The molecule has 0 aromatic carbocycles. The Balaban J connectivity index is 2.52. The molecule has 0 N–H and O–H groups in total. The summed E-state index contributed by atoms with van der Waals surface area (Å²) in [7, 11) is 3.60. The Kier molecular flexibility index (Phi) is 1.60. The van der Waals surface area contributed by atoms with Crippen molar-refractivity contribution in [2.24, 2.45) is 0 Å². The molecule has 3 heteroatoms. The molecule has 3 nitrogen and oxygen atoms in total. The zero-order valence-corrected chi connectivity index (χ0v) is 5.79. The normalized spacial score (nSPS) is 20.9. The third kappa shape index (κ3) is 1.15. The van der Waals surface area contributed by atoms with Crippen LogP contribution in [0.1, 0.15) is 0 Å². The van der Waals surface area contributed by atoms with Crippen LogP contribution in [0.4, 0.5) is 4.79 Å². The summed E-state index contributed by atoms with van der Waals surface area (Å²) in [5, 5.41) is 0. The van der Waals surface area contributed by atoms with Gasteiger partial charge < -0.3 is 9.80 Å². The van der Waals surface area contributed by atoms with Crippen LogP contribution in [0, 0.1) is 6.42 Å². The lowest BCUT2D eigenvalue weighted by atomic mass is 10.3. The molecule has 0 spiro atoms. The second kappa shape index (κ2) is 2.25. The summed E-state index contributed by atoms with van der Waals surface area (Å²) < 4.78 is 0. The lowest BCUT2D eigenvalue weighted by Gasteiger charge is -2.29. The van der Waals surface area contributed by atoms with E-state index in [2.05, 4.69) is 6.42 Å². The van der Waals surface area contributed by atoms with E-state index in [1.54, 1.807) is 23.9 Å². The largest absolute Gasteiger partial charge is 0.327 e. The molecule has 0 aliphatic carbocycles. The molecule has 1 heterocycles. The molecule has 0 bridgehead atoms. The van der Waals surface area contributed by atoms with Crippen LogP contribution in [0.2, 0.25) is 0 Å². The molecule has 0 saturated carbocycles. The predicted molar refractivity (Wildman–Crippen MR) is 35.0 cm³/mol. The van der Waals surface area contributed by atoms with Crippen molar-refractivity contribution in [3.63, 3.8) is 0 Å². The third-order valence-electron chi connectivity index (χ3n) is 1.46. The van der Waals surface area contributed by atoms with Gasteiger partial charge in [0.25, 0.3) is 0 Å². The minimum Gasteiger partial charge on any atom is -0.327 e. The van der Waals surface area contributed by atoms with Crippen LogP contribution in [0.25, 0.3) is 0 Å². The van der Waals surface area contributed by atoms with E-state index < -0.39 is 0 Å². The van der Waals surface area contributed by atoms with E-state index in [9.17, 15) is 4.79 Å². The number of nitrogens with zero attached hydrogens (tertiary/aromatic N) is 2. The molecule has 1 rings (SSSR count). The minimum absolute atomic E-state index is 0.109. The first kappa shape index (κ1) is 6.39. The van der Waals surface area contributed by atoms with Gasteiger partial charge in [0, 0.05) is 33.6 Å². The zero-order valence-electron chi connectivity index (χ0n) is 5.79. The highest BCUT2D eigenvalue weighted by molar-refractivity contribution is 5.74. The molecule has 0 aromatic heterocycles. The lowest BCUT2D eigenvalue weighted by molar-refractivity contribution is 0.167. The Morgan fingerprint density at radius 1 is 1.33 bits per heavy atom. The Morgan fingerprint density at radius 2 is 1.78 bits per heavy atom. The van der Waals surface area contributed by atoms with Crippen LogP contribution >= 0.6 is 0 Å². The summed E-state index contributed by atoms with van der Waals surface area (Å²) in [5.41, 5.74) is 0. The first-order valence-electron chi connectivity index (χ1n) is 2.99. The molecule has 0 atom stereocenters. The van der Waals surface area contributed by atoms with Crippen LogP contribution in [-0.2, 0) is 0 Å². The summed E-state index contributed by atoms with van der Waals surface area (Å²) in [6.45, 7) is 1.56. The van der Waals surface area contributed by atoms with Crippen molar-refractivity contribution in [2.45, 2.75) is 0 Å². The molecule has 1 saturated heterocycles. The molecule has 0 unspecified atom stereocenters. The Labute approximate surface area is 55.2 Å². The third-order valence-corrected chi connectivity index (χ3v) is 1.46. The van der Waals surface area contributed by atoms with Crippen LogP contribution < -0.4 is 0 Å². The van der Waals surface area contributed by atoms with E-state index in [1.165, 1.54) is 0 Å². The molecule has 0 aromatic rings. The Morgan fingerprint density at radius 3 is 2.11 bits per heavy atom. The van der Waals surface area contributed by atoms with E-state index in [1.807, 2.05) is 0 Å².